The first-order valence-electron chi connectivity index (χ1n) is 9.86. The maximum Gasteiger partial charge on any atom is 0.222 e. The maximum atomic E-state index is 12.6. The third-order valence-electron chi connectivity index (χ3n) is 6.22. The van der Waals surface area contributed by atoms with Crippen LogP contribution >= 0.6 is 0 Å². The Labute approximate surface area is 160 Å². The molecule has 2 fully saturated rings. The van der Waals surface area contributed by atoms with Crippen molar-refractivity contribution in [2.45, 2.75) is 52.0 Å². The lowest BCUT2D eigenvalue weighted by Crippen LogP contribution is -2.44. The second kappa shape index (κ2) is 6.88. The first kappa shape index (κ1) is 17.8. The number of carbonyl (C=O) groups is 1. The molecule has 1 saturated carbocycles. The van der Waals surface area contributed by atoms with Gasteiger partial charge in [0.05, 0.1) is 11.3 Å². The number of amides is 1. The lowest BCUT2D eigenvalue weighted by atomic mass is 9.77. The summed E-state index contributed by atoms with van der Waals surface area (Å²) in [5, 5.41) is 13.8. The van der Waals surface area contributed by atoms with Crippen molar-refractivity contribution in [2.24, 2.45) is 11.3 Å². The number of likely N-dealkylation sites (tertiary alicyclic amines) is 1. The van der Waals surface area contributed by atoms with Crippen molar-refractivity contribution < 1.29 is 4.79 Å². The van der Waals surface area contributed by atoms with E-state index in [-0.39, 0.29) is 0 Å². The van der Waals surface area contributed by atoms with E-state index in [9.17, 15) is 10.1 Å². The number of carbonyl (C=O) groups excluding carboxylic acids is 1. The van der Waals surface area contributed by atoms with E-state index >= 15 is 0 Å². The van der Waals surface area contributed by atoms with Crippen LogP contribution in [-0.2, 0) is 4.79 Å². The van der Waals surface area contributed by atoms with Crippen molar-refractivity contribution in [1.82, 2.24) is 14.9 Å². The number of fused-ring (bicyclic) bond motifs is 1. The Balaban J connectivity index is 1.31. The van der Waals surface area contributed by atoms with Gasteiger partial charge in [-0.1, -0.05) is 13.8 Å². The second-order valence-corrected chi connectivity index (χ2v) is 8.83. The predicted molar refractivity (Wildman–Crippen MR) is 105 cm³/mol. The molecule has 27 heavy (non-hydrogen) atoms. The molecule has 0 bridgehead atoms. The Morgan fingerprint density at radius 2 is 2.15 bits per heavy atom. The monoisotopic (exact) mass is 365 g/mol. The summed E-state index contributed by atoms with van der Waals surface area (Å²) < 4.78 is 0. The zero-order valence-corrected chi connectivity index (χ0v) is 16.1. The highest BCUT2D eigenvalue weighted by Gasteiger charge is 2.34. The zero-order valence-electron chi connectivity index (χ0n) is 16.1. The Kier molecular flexibility index (Phi) is 4.55. The highest BCUT2D eigenvalue weighted by atomic mass is 16.2. The van der Waals surface area contributed by atoms with E-state index in [1.54, 1.807) is 6.20 Å². The van der Waals surface area contributed by atoms with Crippen LogP contribution in [0.3, 0.4) is 0 Å². The number of hydrogen-bond donors (Lipinski definition) is 2. The van der Waals surface area contributed by atoms with E-state index in [1.807, 2.05) is 17.2 Å². The summed E-state index contributed by atoms with van der Waals surface area (Å²) in [6.45, 7) is 6.36. The van der Waals surface area contributed by atoms with Crippen LogP contribution in [0.2, 0.25) is 0 Å². The molecule has 0 radical (unpaired) electrons. The number of hydrogen-bond acceptors (Lipinski definition) is 4. The molecule has 3 heterocycles. The molecule has 2 aromatic rings. The van der Waals surface area contributed by atoms with Gasteiger partial charge in [0.25, 0.3) is 0 Å². The standard InChI is InChI=1S/C21H27N5O/c1-21(2)4-7-26(8-5-21)18(27)11-14-9-16(10-14)25-19-15(12-22)13-24-20-17(19)3-6-23-20/h3,6,13-14,16H,4-5,7-11H2,1-2H3,(H2,23,24,25)/t14-,16+. The molecule has 2 aromatic heterocycles. The van der Waals surface area contributed by atoms with Gasteiger partial charge in [0, 0.05) is 43.3 Å². The summed E-state index contributed by atoms with van der Waals surface area (Å²) in [6.07, 6.45) is 8.25. The minimum absolute atomic E-state index is 0.309. The number of anilines is 1. The average molecular weight is 365 g/mol. The fraction of sp³-hybridized carbons (Fsp3) is 0.571. The van der Waals surface area contributed by atoms with Crippen LogP contribution in [0, 0.1) is 22.7 Å². The number of rotatable bonds is 4. The molecule has 0 spiro atoms. The van der Waals surface area contributed by atoms with E-state index in [0.717, 1.165) is 55.5 Å². The van der Waals surface area contributed by atoms with Crippen molar-refractivity contribution in [1.29, 1.82) is 5.26 Å². The zero-order chi connectivity index (χ0) is 19.0. The van der Waals surface area contributed by atoms with Crippen LogP contribution in [0.25, 0.3) is 11.0 Å². The van der Waals surface area contributed by atoms with Crippen molar-refractivity contribution >= 4 is 22.6 Å². The van der Waals surface area contributed by atoms with Crippen molar-refractivity contribution in [3.63, 3.8) is 0 Å². The van der Waals surface area contributed by atoms with E-state index in [2.05, 4.69) is 35.2 Å². The molecule has 2 N–H and O–H groups in total. The van der Waals surface area contributed by atoms with Gasteiger partial charge in [-0.2, -0.15) is 5.26 Å². The topological polar surface area (TPSA) is 84.8 Å². The molecule has 0 atom stereocenters. The molecule has 6 heteroatoms. The number of H-pyrrole nitrogens is 1. The summed E-state index contributed by atoms with van der Waals surface area (Å²) in [7, 11) is 0. The normalized spacial score (nSPS) is 24.3. The molecule has 1 saturated heterocycles. The van der Waals surface area contributed by atoms with Gasteiger partial charge in [0.15, 0.2) is 0 Å². The summed E-state index contributed by atoms with van der Waals surface area (Å²) >= 11 is 0. The largest absolute Gasteiger partial charge is 0.381 e. The molecule has 142 valence electrons. The molecule has 1 aliphatic heterocycles. The number of nitrogens with zero attached hydrogens (tertiary/aromatic N) is 3. The molecule has 0 aromatic carbocycles. The highest BCUT2D eigenvalue weighted by molar-refractivity contribution is 5.92. The van der Waals surface area contributed by atoms with Gasteiger partial charge in [-0.25, -0.2) is 4.98 Å². The predicted octanol–water partition coefficient (Wildman–Crippen LogP) is 3.66. The molecule has 0 unspecified atom stereocenters. The number of pyridine rings is 1. The fourth-order valence-corrected chi connectivity index (χ4v) is 4.21. The summed E-state index contributed by atoms with van der Waals surface area (Å²) in [4.78, 5) is 22.0. The second-order valence-electron chi connectivity index (χ2n) is 8.83. The average Bonchev–Trinajstić information content (AvgIpc) is 3.08. The van der Waals surface area contributed by atoms with Gasteiger partial charge in [-0.3, -0.25) is 4.79 Å². The first-order chi connectivity index (χ1) is 12.9. The molecular formula is C21H27N5O. The van der Waals surface area contributed by atoms with Gasteiger partial charge in [0.2, 0.25) is 5.91 Å². The third kappa shape index (κ3) is 3.64. The molecule has 4 rings (SSSR count). The van der Waals surface area contributed by atoms with Crippen LogP contribution in [-0.4, -0.2) is 39.9 Å². The van der Waals surface area contributed by atoms with Gasteiger partial charge in [0.1, 0.15) is 11.7 Å². The molecular weight excluding hydrogens is 338 g/mol. The van der Waals surface area contributed by atoms with Crippen molar-refractivity contribution in [3.05, 3.63) is 24.0 Å². The first-order valence-corrected chi connectivity index (χ1v) is 9.86. The van der Waals surface area contributed by atoms with Crippen LogP contribution in [0.1, 0.15) is 51.5 Å². The Hall–Kier alpha value is -2.55. The Morgan fingerprint density at radius 3 is 2.85 bits per heavy atom. The molecule has 1 amide bonds. The van der Waals surface area contributed by atoms with E-state index in [4.69, 9.17) is 0 Å². The molecule has 2 aliphatic rings. The fourth-order valence-electron chi connectivity index (χ4n) is 4.21. The summed E-state index contributed by atoms with van der Waals surface area (Å²) in [5.41, 5.74) is 2.58. The quantitative estimate of drug-likeness (QED) is 0.866. The smallest absolute Gasteiger partial charge is 0.222 e. The highest BCUT2D eigenvalue weighted by Crippen LogP contribution is 2.36. The molecule has 1 aliphatic carbocycles. The number of nitrogens with one attached hydrogen (secondary N) is 2. The van der Waals surface area contributed by atoms with Gasteiger partial charge in [-0.15, -0.1) is 0 Å². The van der Waals surface area contributed by atoms with Crippen LogP contribution < -0.4 is 5.32 Å². The third-order valence-corrected chi connectivity index (χ3v) is 6.22. The number of piperidine rings is 1. The van der Waals surface area contributed by atoms with E-state index < -0.39 is 0 Å². The van der Waals surface area contributed by atoms with Gasteiger partial charge in [-0.05, 0) is 43.1 Å². The number of aromatic nitrogens is 2. The van der Waals surface area contributed by atoms with Crippen molar-refractivity contribution in [2.75, 3.05) is 18.4 Å². The Morgan fingerprint density at radius 1 is 1.41 bits per heavy atom. The summed E-state index contributed by atoms with van der Waals surface area (Å²) in [6, 6.07) is 4.49. The SMILES string of the molecule is CC1(C)CCN(C(=O)C[C@H]2C[C@@H](Nc3c(C#N)cnc4[nH]ccc34)C2)CC1. The van der Waals surface area contributed by atoms with Gasteiger partial charge >= 0.3 is 0 Å². The Bertz CT molecular complexity index is 878. The minimum atomic E-state index is 0.309. The van der Waals surface area contributed by atoms with Crippen LogP contribution in [0.5, 0.6) is 0 Å². The minimum Gasteiger partial charge on any atom is -0.381 e. The molecule has 6 nitrogen and oxygen atoms in total. The van der Waals surface area contributed by atoms with Crippen molar-refractivity contribution in [3.8, 4) is 6.07 Å². The van der Waals surface area contributed by atoms with E-state index in [0.29, 0.717) is 35.3 Å². The lowest BCUT2D eigenvalue weighted by Gasteiger charge is -2.40. The van der Waals surface area contributed by atoms with Gasteiger partial charge < -0.3 is 15.2 Å². The maximum absolute atomic E-state index is 12.6. The van der Waals surface area contributed by atoms with Crippen LogP contribution in [0.4, 0.5) is 5.69 Å². The van der Waals surface area contributed by atoms with E-state index in [1.165, 1.54) is 0 Å². The number of nitriles is 1. The number of aromatic amines is 1. The lowest BCUT2D eigenvalue weighted by molar-refractivity contribution is -0.134. The summed E-state index contributed by atoms with van der Waals surface area (Å²) in [5.74, 6) is 0.752. The van der Waals surface area contributed by atoms with Crippen LogP contribution in [0.15, 0.2) is 18.5 Å².